The van der Waals surface area contributed by atoms with E-state index in [1.807, 2.05) is 42.5 Å². The maximum absolute atomic E-state index is 5.78. The summed E-state index contributed by atoms with van der Waals surface area (Å²) < 4.78 is 0. The number of benzene rings is 2. The molecule has 2 aromatic carbocycles. The Kier molecular flexibility index (Phi) is 3.21. The lowest BCUT2D eigenvalue weighted by Gasteiger charge is -2.16. The molecule has 0 saturated heterocycles. The molecule has 0 spiro atoms. The predicted octanol–water partition coefficient (Wildman–Crippen LogP) is 3.39. The summed E-state index contributed by atoms with van der Waals surface area (Å²) in [6, 6.07) is 18.2. The van der Waals surface area contributed by atoms with Crippen molar-refractivity contribution in [3.8, 4) is 0 Å². The molecule has 3 rings (SSSR count). The van der Waals surface area contributed by atoms with E-state index in [1.165, 1.54) is 5.56 Å². The van der Waals surface area contributed by atoms with Gasteiger partial charge in [-0.3, -0.25) is 0 Å². The second-order valence-electron chi connectivity index (χ2n) is 4.72. The second kappa shape index (κ2) is 5.17. The van der Waals surface area contributed by atoms with Gasteiger partial charge in [0.2, 0.25) is 5.95 Å². The first kappa shape index (κ1) is 12.4. The van der Waals surface area contributed by atoms with Gasteiger partial charge in [-0.15, -0.1) is 0 Å². The highest BCUT2D eigenvalue weighted by Gasteiger charge is 2.10. The van der Waals surface area contributed by atoms with E-state index in [0.29, 0.717) is 0 Å². The summed E-state index contributed by atoms with van der Waals surface area (Å²) in [6.45, 7) is 2.10. The summed E-state index contributed by atoms with van der Waals surface area (Å²) in [4.78, 5) is 8.57. The van der Waals surface area contributed by atoms with Gasteiger partial charge in [0.05, 0.1) is 5.52 Å². The van der Waals surface area contributed by atoms with Crippen LogP contribution in [0.15, 0.2) is 54.6 Å². The quantitative estimate of drug-likeness (QED) is 0.761. The molecule has 0 bridgehead atoms. The van der Waals surface area contributed by atoms with Crippen molar-refractivity contribution in [2.45, 2.75) is 13.0 Å². The molecule has 1 atom stereocenters. The monoisotopic (exact) mass is 264 g/mol. The number of nitrogen functional groups attached to an aromatic ring is 1. The SMILES string of the molecule is C[C@H](Nc1nc(N)nc2ccccc12)c1ccccc1. The normalized spacial score (nSPS) is 12.2. The Bertz CT molecular complexity index is 725. The van der Waals surface area contributed by atoms with Gasteiger partial charge in [-0.1, -0.05) is 42.5 Å². The van der Waals surface area contributed by atoms with Gasteiger partial charge in [0, 0.05) is 11.4 Å². The van der Waals surface area contributed by atoms with Gasteiger partial charge in [-0.05, 0) is 24.6 Å². The molecular formula is C16H16N4. The Labute approximate surface area is 117 Å². The van der Waals surface area contributed by atoms with Crippen LogP contribution in [-0.4, -0.2) is 9.97 Å². The fraction of sp³-hybridized carbons (Fsp3) is 0.125. The van der Waals surface area contributed by atoms with Crippen molar-refractivity contribution in [2.75, 3.05) is 11.1 Å². The molecule has 3 aromatic rings. The maximum Gasteiger partial charge on any atom is 0.222 e. The van der Waals surface area contributed by atoms with Crippen LogP contribution in [0.5, 0.6) is 0 Å². The fourth-order valence-corrected chi connectivity index (χ4v) is 2.23. The number of nitrogens with zero attached hydrogens (tertiary/aromatic N) is 2. The summed E-state index contributed by atoms with van der Waals surface area (Å²) in [6.07, 6.45) is 0. The minimum Gasteiger partial charge on any atom is -0.368 e. The van der Waals surface area contributed by atoms with Gasteiger partial charge in [0.25, 0.3) is 0 Å². The standard InChI is InChI=1S/C16H16N4/c1-11(12-7-3-2-4-8-12)18-15-13-9-5-6-10-14(13)19-16(17)20-15/h2-11H,1H3,(H3,17,18,19,20)/t11-/m0/s1. The number of fused-ring (bicyclic) bond motifs is 1. The molecule has 0 saturated carbocycles. The number of aromatic nitrogens is 2. The highest BCUT2D eigenvalue weighted by atomic mass is 15.1. The number of nitrogens with one attached hydrogen (secondary N) is 1. The zero-order chi connectivity index (χ0) is 13.9. The first-order valence-corrected chi connectivity index (χ1v) is 6.58. The van der Waals surface area contributed by atoms with E-state index in [0.717, 1.165) is 16.7 Å². The van der Waals surface area contributed by atoms with E-state index in [2.05, 4.69) is 34.3 Å². The van der Waals surface area contributed by atoms with Gasteiger partial charge < -0.3 is 11.1 Å². The molecule has 0 unspecified atom stereocenters. The first-order chi connectivity index (χ1) is 9.74. The van der Waals surface area contributed by atoms with Crippen LogP contribution in [0.25, 0.3) is 10.9 Å². The molecule has 4 nitrogen and oxygen atoms in total. The number of hydrogen-bond acceptors (Lipinski definition) is 4. The van der Waals surface area contributed by atoms with Crippen molar-refractivity contribution in [3.05, 3.63) is 60.2 Å². The fourth-order valence-electron chi connectivity index (χ4n) is 2.23. The number of nitrogens with two attached hydrogens (primary N) is 1. The van der Waals surface area contributed by atoms with E-state index >= 15 is 0 Å². The van der Waals surface area contributed by atoms with Crippen LogP contribution in [0.2, 0.25) is 0 Å². The number of anilines is 2. The molecule has 0 fully saturated rings. The van der Waals surface area contributed by atoms with Gasteiger partial charge in [0.15, 0.2) is 0 Å². The van der Waals surface area contributed by atoms with Crippen LogP contribution >= 0.6 is 0 Å². The van der Waals surface area contributed by atoms with Crippen molar-refractivity contribution < 1.29 is 0 Å². The Morgan fingerprint density at radius 3 is 2.45 bits per heavy atom. The van der Waals surface area contributed by atoms with Crippen molar-refractivity contribution in [2.24, 2.45) is 0 Å². The summed E-state index contributed by atoms with van der Waals surface area (Å²) in [5.41, 5.74) is 7.83. The van der Waals surface area contributed by atoms with Crippen LogP contribution in [-0.2, 0) is 0 Å². The van der Waals surface area contributed by atoms with E-state index in [-0.39, 0.29) is 12.0 Å². The summed E-state index contributed by atoms with van der Waals surface area (Å²) in [7, 11) is 0. The largest absolute Gasteiger partial charge is 0.368 e. The van der Waals surface area contributed by atoms with Gasteiger partial charge in [-0.25, -0.2) is 4.98 Å². The molecule has 0 radical (unpaired) electrons. The molecule has 100 valence electrons. The molecule has 20 heavy (non-hydrogen) atoms. The Balaban J connectivity index is 1.98. The third kappa shape index (κ3) is 2.40. The zero-order valence-electron chi connectivity index (χ0n) is 11.2. The molecule has 4 heteroatoms. The smallest absolute Gasteiger partial charge is 0.222 e. The lowest BCUT2D eigenvalue weighted by Crippen LogP contribution is -2.10. The average Bonchev–Trinajstić information content (AvgIpc) is 2.48. The molecule has 3 N–H and O–H groups in total. The topological polar surface area (TPSA) is 63.8 Å². The number of para-hydroxylation sites is 1. The van der Waals surface area contributed by atoms with E-state index in [9.17, 15) is 0 Å². The predicted molar refractivity (Wildman–Crippen MR) is 82.4 cm³/mol. The Hall–Kier alpha value is -2.62. The van der Waals surface area contributed by atoms with Crippen molar-refractivity contribution in [1.29, 1.82) is 0 Å². The lowest BCUT2D eigenvalue weighted by molar-refractivity contribution is 0.877. The van der Waals surface area contributed by atoms with E-state index < -0.39 is 0 Å². The lowest BCUT2D eigenvalue weighted by atomic mass is 10.1. The van der Waals surface area contributed by atoms with Crippen LogP contribution < -0.4 is 11.1 Å². The highest BCUT2D eigenvalue weighted by molar-refractivity contribution is 5.89. The maximum atomic E-state index is 5.78. The number of hydrogen-bond donors (Lipinski definition) is 2. The number of rotatable bonds is 3. The second-order valence-corrected chi connectivity index (χ2v) is 4.72. The molecule has 0 aliphatic heterocycles. The summed E-state index contributed by atoms with van der Waals surface area (Å²) >= 11 is 0. The molecule has 1 aromatic heterocycles. The van der Waals surface area contributed by atoms with Crippen molar-refractivity contribution in [1.82, 2.24) is 9.97 Å². The van der Waals surface area contributed by atoms with E-state index in [4.69, 9.17) is 5.73 Å². The third-order valence-corrected chi connectivity index (χ3v) is 3.27. The van der Waals surface area contributed by atoms with Crippen LogP contribution in [0.3, 0.4) is 0 Å². The highest BCUT2D eigenvalue weighted by Crippen LogP contribution is 2.25. The van der Waals surface area contributed by atoms with Crippen molar-refractivity contribution >= 4 is 22.7 Å². The molecular weight excluding hydrogens is 248 g/mol. The Morgan fingerprint density at radius 2 is 1.65 bits per heavy atom. The van der Waals surface area contributed by atoms with Crippen LogP contribution in [0.1, 0.15) is 18.5 Å². The zero-order valence-corrected chi connectivity index (χ0v) is 11.2. The Morgan fingerprint density at radius 1 is 0.950 bits per heavy atom. The summed E-state index contributed by atoms with van der Waals surface area (Å²) in [5, 5.41) is 4.39. The summed E-state index contributed by atoms with van der Waals surface area (Å²) in [5.74, 6) is 1.05. The minimum absolute atomic E-state index is 0.147. The minimum atomic E-state index is 0.147. The average molecular weight is 264 g/mol. The van der Waals surface area contributed by atoms with Crippen LogP contribution in [0.4, 0.5) is 11.8 Å². The van der Waals surface area contributed by atoms with Gasteiger partial charge >= 0.3 is 0 Å². The van der Waals surface area contributed by atoms with Crippen LogP contribution in [0, 0.1) is 0 Å². The molecule has 0 aliphatic carbocycles. The first-order valence-electron chi connectivity index (χ1n) is 6.58. The van der Waals surface area contributed by atoms with E-state index in [1.54, 1.807) is 0 Å². The van der Waals surface area contributed by atoms with Crippen molar-refractivity contribution in [3.63, 3.8) is 0 Å². The molecule has 0 aliphatic rings. The molecule has 1 heterocycles. The third-order valence-electron chi connectivity index (χ3n) is 3.27. The van der Waals surface area contributed by atoms with Gasteiger partial charge in [-0.2, -0.15) is 4.98 Å². The molecule has 0 amide bonds. The van der Waals surface area contributed by atoms with Gasteiger partial charge in [0.1, 0.15) is 5.82 Å².